The molecule has 23 heavy (non-hydrogen) atoms. The van der Waals surface area contributed by atoms with E-state index in [0.717, 1.165) is 29.2 Å². The highest BCUT2D eigenvalue weighted by molar-refractivity contribution is 5.93. The van der Waals surface area contributed by atoms with Gasteiger partial charge in [0.2, 0.25) is 0 Å². The Hall–Kier alpha value is -2.50. The topological polar surface area (TPSA) is 56.6 Å². The highest BCUT2D eigenvalue weighted by atomic mass is 16.5. The van der Waals surface area contributed by atoms with Gasteiger partial charge in [-0.2, -0.15) is 5.10 Å². The van der Waals surface area contributed by atoms with Gasteiger partial charge in [-0.25, -0.2) is 0 Å². The number of aromatic nitrogens is 2. The average molecular weight is 315 g/mol. The lowest BCUT2D eigenvalue weighted by atomic mass is 9.98. The molecule has 0 bridgehead atoms. The first-order valence-corrected chi connectivity index (χ1v) is 7.57. The number of aryl methyl sites for hydroxylation is 2. The molecule has 1 aromatic carbocycles. The second-order valence-electron chi connectivity index (χ2n) is 5.74. The molecule has 1 aliphatic heterocycles. The van der Waals surface area contributed by atoms with Gasteiger partial charge >= 0.3 is 0 Å². The lowest BCUT2D eigenvalue weighted by Gasteiger charge is -2.30. The van der Waals surface area contributed by atoms with Gasteiger partial charge in [-0.1, -0.05) is 0 Å². The molecule has 0 aliphatic carbocycles. The molecule has 0 radical (unpaired) electrons. The number of methoxy groups -OCH3 is 2. The third-order valence-corrected chi connectivity index (χ3v) is 4.24. The molecule has 2 aromatic rings. The molecule has 0 saturated carbocycles. The van der Waals surface area contributed by atoms with Crippen LogP contribution in [0.15, 0.2) is 18.2 Å². The van der Waals surface area contributed by atoms with Crippen LogP contribution in [0.4, 0.5) is 0 Å². The summed E-state index contributed by atoms with van der Waals surface area (Å²) in [5.74, 6) is 1.54. The third-order valence-electron chi connectivity index (χ3n) is 4.24. The molecule has 0 fully saturated rings. The van der Waals surface area contributed by atoms with Gasteiger partial charge in [0.15, 0.2) is 0 Å². The summed E-state index contributed by atoms with van der Waals surface area (Å²) in [5.41, 5.74) is 3.67. The molecule has 6 nitrogen and oxygen atoms in total. The van der Waals surface area contributed by atoms with Crippen LogP contribution < -0.4 is 9.47 Å². The van der Waals surface area contributed by atoms with Gasteiger partial charge in [0, 0.05) is 31.8 Å². The van der Waals surface area contributed by atoms with Crippen LogP contribution in [0.1, 0.15) is 27.3 Å². The molecule has 2 heterocycles. The number of ether oxygens (including phenoxy) is 2. The zero-order valence-electron chi connectivity index (χ0n) is 13.9. The van der Waals surface area contributed by atoms with E-state index in [1.165, 1.54) is 5.56 Å². The summed E-state index contributed by atoms with van der Waals surface area (Å²) in [4.78, 5) is 14.6. The van der Waals surface area contributed by atoms with E-state index in [4.69, 9.17) is 9.47 Å². The van der Waals surface area contributed by atoms with Crippen molar-refractivity contribution >= 4 is 5.91 Å². The fourth-order valence-corrected chi connectivity index (χ4v) is 3.05. The molecule has 0 unspecified atom stereocenters. The largest absolute Gasteiger partial charge is 0.497 e. The number of hydrogen-bond acceptors (Lipinski definition) is 4. The van der Waals surface area contributed by atoms with Crippen molar-refractivity contribution in [1.82, 2.24) is 14.7 Å². The minimum absolute atomic E-state index is 0.00313. The lowest BCUT2D eigenvalue weighted by molar-refractivity contribution is 0.0722. The first-order valence-electron chi connectivity index (χ1n) is 7.57. The van der Waals surface area contributed by atoms with E-state index < -0.39 is 0 Å². The van der Waals surface area contributed by atoms with Crippen LogP contribution >= 0.6 is 0 Å². The summed E-state index contributed by atoms with van der Waals surface area (Å²) in [6.45, 7) is 3.09. The molecular weight excluding hydrogens is 294 g/mol. The molecule has 1 aromatic heterocycles. The van der Waals surface area contributed by atoms with Crippen molar-refractivity contribution in [2.45, 2.75) is 19.9 Å². The predicted octanol–water partition coefficient (Wildman–Crippen LogP) is 1.94. The quantitative estimate of drug-likeness (QED) is 0.868. The zero-order valence-corrected chi connectivity index (χ0v) is 13.9. The number of amides is 1. The summed E-state index contributed by atoms with van der Waals surface area (Å²) >= 11 is 0. The van der Waals surface area contributed by atoms with E-state index in [1.54, 1.807) is 25.9 Å². The second-order valence-corrected chi connectivity index (χ2v) is 5.74. The Balaban J connectivity index is 1.90. The smallest absolute Gasteiger partial charge is 0.272 e. The van der Waals surface area contributed by atoms with Crippen molar-refractivity contribution in [3.63, 3.8) is 0 Å². The maximum atomic E-state index is 12.8. The van der Waals surface area contributed by atoms with E-state index in [0.29, 0.717) is 18.8 Å². The minimum atomic E-state index is -0.00313. The monoisotopic (exact) mass is 315 g/mol. The van der Waals surface area contributed by atoms with Crippen molar-refractivity contribution in [1.29, 1.82) is 0 Å². The predicted molar refractivity (Wildman–Crippen MR) is 85.9 cm³/mol. The van der Waals surface area contributed by atoms with Crippen LogP contribution in [-0.4, -0.2) is 41.4 Å². The number of rotatable bonds is 3. The number of nitrogens with zero attached hydrogens (tertiary/aromatic N) is 3. The Labute approximate surface area is 135 Å². The number of fused-ring (bicyclic) bond motifs is 1. The Bertz CT molecular complexity index is 735. The van der Waals surface area contributed by atoms with E-state index >= 15 is 0 Å². The molecule has 3 rings (SSSR count). The molecule has 1 aliphatic rings. The lowest BCUT2D eigenvalue weighted by Crippen LogP contribution is -2.37. The normalized spacial score (nSPS) is 13.7. The molecule has 122 valence electrons. The van der Waals surface area contributed by atoms with Gasteiger partial charge in [0.1, 0.15) is 17.2 Å². The van der Waals surface area contributed by atoms with Crippen molar-refractivity contribution in [2.24, 2.45) is 7.05 Å². The summed E-state index contributed by atoms with van der Waals surface area (Å²) in [6, 6.07) is 5.71. The van der Waals surface area contributed by atoms with Gasteiger partial charge in [-0.15, -0.1) is 0 Å². The van der Waals surface area contributed by atoms with Crippen LogP contribution in [0.25, 0.3) is 0 Å². The van der Waals surface area contributed by atoms with Gasteiger partial charge in [-0.05, 0) is 31.0 Å². The highest BCUT2D eigenvalue weighted by Crippen LogP contribution is 2.33. The fourth-order valence-electron chi connectivity index (χ4n) is 3.05. The Kier molecular flexibility index (Phi) is 3.98. The first-order chi connectivity index (χ1) is 11.0. The summed E-state index contributed by atoms with van der Waals surface area (Å²) in [5, 5.41) is 4.26. The standard InChI is InChI=1S/C17H21N3O3/c1-11-7-15(19(2)18-11)17(21)20-6-5-12-8-13(22-3)9-16(23-4)14(12)10-20/h7-9H,5-6,10H2,1-4H3. The maximum absolute atomic E-state index is 12.8. The third kappa shape index (κ3) is 2.76. The van der Waals surface area contributed by atoms with Crippen molar-refractivity contribution < 1.29 is 14.3 Å². The summed E-state index contributed by atoms with van der Waals surface area (Å²) in [7, 11) is 5.08. The van der Waals surface area contributed by atoms with Crippen LogP contribution in [-0.2, 0) is 20.0 Å². The summed E-state index contributed by atoms with van der Waals surface area (Å²) < 4.78 is 12.4. The molecule has 0 spiro atoms. The van der Waals surface area contributed by atoms with Gasteiger partial charge in [-0.3, -0.25) is 9.48 Å². The van der Waals surface area contributed by atoms with Crippen LogP contribution in [0.5, 0.6) is 11.5 Å². The maximum Gasteiger partial charge on any atom is 0.272 e. The molecule has 0 atom stereocenters. The van der Waals surface area contributed by atoms with E-state index in [9.17, 15) is 4.79 Å². The zero-order chi connectivity index (χ0) is 16.6. The SMILES string of the molecule is COc1cc2c(c(OC)c1)CN(C(=O)c1cc(C)nn1C)CC2. The number of carbonyl (C=O) groups excluding carboxylic acids is 1. The Morgan fingerprint density at radius 1 is 1.22 bits per heavy atom. The summed E-state index contributed by atoms with van der Waals surface area (Å²) in [6.07, 6.45) is 0.783. The molecule has 0 saturated heterocycles. The van der Waals surface area contributed by atoms with Gasteiger partial charge in [0.25, 0.3) is 5.91 Å². The van der Waals surface area contributed by atoms with E-state index in [2.05, 4.69) is 5.10 Å². The molecule has 6 heteroatoms. The van der Waals surface area contributed by atoms with Crippen LogP contribution in [0.3, 0.4) is 0 Å². The number of hydrogen-bond donors (Lipinski definition) is 0. The van der Waals surface area contributed by atoms with Gasteiger partial charge in [0.05, 0.1) is 19.9 Å². The van der Waals surface area contributed by atoms with E-state index in [-0.39, 0.29) is 5.91 Å². The minimum Gasteiger partial charge on any atom is -0.497 e. The number of carbonyl (C=O) groups is 1. The highest BCUT2D eigenvalue weighted by Gasteiger charge is 2.26. The molecular formula is C17H21N3O3. The van der Waals surface area contributed by atoms with Gasteiger partial charge < -0.3 is 14.4 Å². The van der Waals surface area contributed by atoms with Crippen molar-refractivity contribution in [2.75, 3.05) is 20.8 Å². The van der Waals surface area contributed by atoms with Crippen molar-refractivity contribution in [3.8, 4) is 11.5 Å². The Morgan fingerprint density at radius 3 is 2.61 bits per heavy atom. The average Bonchev–Trinajstić information content (AvgIpc) is 2.90. The second kappa shape index (κ2) is 5.95. The first kappa shape index (κ1) is 15.4. The van der Waals surface area contributed by atoms with Crippen LogP contribution in [0, 0.1) is 6.92 Å². The number of benzene rings is 1. The molecule has 1 amide bonds. The molecule has 0 N–H and O–H groups in total. The van der Waals surface area contributed by atoms with Crippen molar-refractivity contribution in [3.05, 3.63) is 40.7 Å². The van der Waals surface area contributed by atoms with Crippen LogP contribution in [0.2, 0.25) is 0 Å². The fraction of sp³-hybridized carbons (Fsp3) is 0.412. The van der Waals surface area contributed by atoms with E-state index in [1.807, 2.05) is 30.0 Å². The Morgan fingerprint density at radius 2 is 2.00 bits per heavy atom.